The molecule has 3 nitrogen and oxygen atoms in total. The number of pyridine rings is 1. The van der Waals surface area contributed by atoms with Gasteiger partial charge in [0.15, 0.2) is 0 Å². The van der Waals surface area contributed by atoms with Crippen LogP contribution in [0.1, 0.15) is 23.7 Å². The van der Waals surface area contributed by atoms with Gasteiger partial charge in [0.25, 0.3) is 0 Å². The second-order valence-corrected chi connectivity index (χ2v) is 4.95. The smallest absolute Gasteiger partial charge is 0.123 e. The highest BCUT2D eigenvalue weighted by molar-refractivity contribution is 5.18. The zero-order chi connectivity index (χ0) is 14.4. The molecule has 0 amide bonds. The lowest BCUT2D eigenvalue weighted by Gasteiger charge is -2.19. The molecule has 1 N–H and O–H groups in total. The number of aliphatic hydroxyl groups is 1. The number of aromatic nitrogens is 1. The van der Waals surface area contributed by atoms with Gasteiger partial charge in [-0.2, -0.15) is 0 Å². The number of hydrogen-bond acceptors (Lipinski definition) is 3. The Bertz CT molecular complexity index is 516. The topological polar surface area (TPSA) is 36.4 Å². The minimum absolute atomic E-state index is 0.282. The van der Waals surface area contributed by atoms with Gasteiger partial charge in [-0.3, -0.25) is 4.98 Å². The molecule has 1 aromatic heterocycles. The molecule has 1 heterocycles. The summed E-state index contributed by atoms with van der Waals surface area (Å²) < 4.78 is 12.8. The summed E-state index contributed by atoms with van der Waals surface area (Å²) in [6, 6.07) is 9.96. The van der Waals surface area contributed by atoms with E-state index in [4.69, 9.17) is 0 Å². The molecule has 20 heavy (non-hydrogen) atoms. The number of benzene rings is 1. The van der Waals surface area contributed by atoms with Crippen molar-refractivity contribution < 1.29 is 9.50 Å². The number of nitrogens with zero attached hydrogens (tertiary/aromatic N) is 2. The largest absolute Gasteiger partial charge is 0.388 e. The Kier molecular flexibility index (Phi) is 5.21. The van der Waals surface area contributed by atoms with E-state index in [1.165, 1.54) is 17.7 Å². The zero-order valence-corrected chi connectivity index (χ0v) is 11.5. The van der Waals surface area contributed by atoms with Crippen LogP contribution in [0.2, 0.25) is 0 Å². The Morgan fingerprint density at radius 1 is 1.15 bits per heavy atom. The molecule has 0 aliphatic heterocycles. The summed E-state index contributed by atoms with van der Waals surface area (Å²) >= 11 is 0. The van der Waals surface area contributed by atoms with Crippen molar-refractivity contribution in [2.75, 3.05) is 13.6 Å². The van der Waals surface area contributed by atoms with E-state index >= 15 is 0 Å². The van der Waals surface area contributed by atoms with E-state index in [9.17, 15) is 9.50 Å². The lowest BCUT2D eigenvalue weighted by molar-refractivity contribution is 0.147. The molecule has 0 fully saturated rings. The summed E-state index contributed by atoms with van der Waals surface area (Å²) in [4.78, 5) is 6.13. The van der Waals surface area contributed by atoms with Crippen molar-refractivity contribution in [2.24, 2.45) is 0 Å². The van der Waals surface area contributed by atoms with Crippen LogP contribution in [0.25, 0.3) is 0 Å². The van der Waals surface area contributed by atoms with Gasteiger partial charge in [-0.25, -0.2) is 4.39 Å². The van der Waals surface area contributed by atoms with Crippen molar-refractivity contribution >= 4 is 0 Å². The molecule has 2 rings (SSSR count). The number of halogens is 1. The van der Waals surface area contributed by atoms with Gasteiger partial charge in [0.05, 0.1) is 6.10 Å². The molecule has 0 spiro atoms. The first-order chi connectivity index (χ1) is 9.65. The van der Waals surface area contributed by atoms with E-state index in [2.05, 4.69) is 9.88 Å². The lowest BCUT2D eigenvalue weighted by Crippen LogP contribution is -2.20. The first-order valence-corrected chi connectivity index (χ1v) is 6.66. The second kappa shape index (κ2) is 7.12. The highest BCUT2D eigenvalue weighted by atomic mass is 19.1. The van der Waals surface area contributed by atoms with Crippen molar-refractivity contribution in [1.29, 1.82) is 0 Å². The summed E-state index contributed by atoms with van der Waals surface area (Å²) in [5.41, 5.74) is 1.95. The Hall–Kier alpha value is -1.78. The van der Waals surface area contributed by atoms with Gasteiger partial charge in [0, 0.05) is 25.5 Å². The SMILES string of the molecule is CN(CCC(O)c1ccc(F)cc1)Cc1ccncc1. The third-order valence-electron chi connectivity index (χ3n) is 3.24. The van der Waals surface area contributed by atoms with Gasteiger partial charge < -0.3 is 10.0 Å². The van der Waals surface area contributed by atoms with Crippen molar-refractivity contribution in [3.8, 4) is 0 Å². The van der Waals surface area contributed by atoms with Crippen LogP contribution in [0.3, 0.4) is 0 Å². The van der Waals surface area contributed by atoms with Gasteiger partial charge >= 0.3 is 0 Å². The van der Waals surface area contributed by atoms with Crippen LogP contribution < -0.4 is 0 Å². The first-order valence-electron chi connectivity index (χ1n) is 6.66. The van der Waals surface area contributed by atoms with Gasteiger partial charge in [-0.05, 0) is 48.9 Å². The summed E-state index contributed by atoms with van der Waals surface area (Å²) in [6.07, 6.45) is 3.61. The molecule has 106 valence electrons. The Balaban J connectivity index is 1.81. The maximum atomic E-state index is 12.8. The van der Waals surface area contributed by atoms with Crippen molar-refractivity contribution in [1.82, 2.24) is 9.88 Å². The van der Waals surface area contributed by atoms with Gasteiger partial charge in [0.2, 0.25) is 0 Å². The average molecular weight is 274 g/mol. The van der Waals surface area contributed by atoms with Crippen LogP contribution in [0.5, 0.6) is 0 Å². The number of rotatable bonds is 6. The highest BCUT2D eigenvalue weighted by Gasteiger charge is 2.09. The van der Waals surface area contributed by atoms with Crippen LogP contribution in [0, 0.1) is 5.82 Å². The lowest BCUT2D eigenvalue weighted by atomic mass is 10.1. The van der Waals surface area contributed by atoms with E-state index in [1.807, 2.05) is 19.2 Å². The minimum Gasteiger partial charge on any atom is -0.388 e. The molecular weight excluding hydrogens is 255 g/mol. The van der Waals surface area contributed by atoms with Crippen molar-refractivity contribution in [3.63, 3.8) is 0 Å². The van der Waals surface area contributed by atoms with Crippen LogP contribution in [-0.4, -0.2) is 28.6 Å². The van der Waals surface area contributed by atoms with E-state index < -0.39 is 6.10 Å². The predicted molar refractivity (Wildman–Crippen MR) is 76.5 cm³/mol. The van der Waals surface area contributed by atoms with E-state index in [1.54, 1.807) is 24.5 Å². The molecule has 0 aliphatic carbocycles. The molecule has 0 radical (unpaired) electrons. The molecule has 0 saturated heterocycles. The first kappa shape index (κ1) is 14.6. The monoisotopic (exact) mass is 274 g/mol. The van der Waals surface area contributed by atoms with Crippen LogP contribution >= 0.6 is 0 Å². The van der Waals surface area contributed by atoms with Crippen LogP contribution in [0.4, 0.5) is 4.39 Å². The summed E-state index contributed by atoms with van der Waals surface area (Å²) in [5.74, 6) is -0.282. The van der Waals surface area contributed by atoms with Crippen LogP contribution in [-0.2, 0) is 6.54 Å². The fourth-order valence-corrected chi connectivity index (χ4v) is 2.07. The van der Waals surface area contributed by atoms with Crippen LogP contribution in [0.15, 0.2) is 48.8 Å². The predicted octanol–water partition coefficient (Wildman–Crippen LogP) is 2.78. The van der Waals surface area contributed by atoms with Crippen molar-refractivity contribution in [3.05, 3.63) is 65.7 Å². The third-order valence-corrected chi connectivity index (χ3v) is 3.24. The molecule has 2 aromatic rings. The van der Waals surface area contributed by atoms with Gasteiger partial charge in [-0.1, -0.05) is 12.1 Å². The standard InChI is InChI=1S/C16H19FN2O/c1-19(12-13-6-9-18-10-7-13)11-8-16(20)14-2-4-15(17)5-3-14/h2-7,9-10,16,20H,8,11-12H2,1H3. The van der Waals surface area contributed by atoms with E-state index in [0.29, 0.717) is 6.42 Å². The Labute approximate surface area is 118 Å². The summed E-state index contributed by atoms with van der Waals surface area (Å²) in [6.45, 7) is 1.58. The summed E-state index contributed by atoms with van der Waals surface area (Å²) in [7, 11) is 2.01. The maximum Gasteiger partial charge on any atom is 0.123 e. The molecule has 0 bridgehead atoms. The summed E-state index contributed by atoms with van der Waals surface area (Å²) in [5, 5.41) is 10.1. The second-order valence-electron chi connectivity index (χ2n) is 4.95. The fourth-order valence-electron chi connectivity index (χ4n) is 2.07. The van der Waals surface area contributed by atoms with E-state index in [-0.39, 0.29) is 5.82 Å². The zero-order valence-electron chi connectivity index (χ0n) is 11.5. The van der Waals surface area contributed by atoms with Crippen molar-refractivity contribution in [2.45, 2.75) is 19.1 Å². The van der Waals surface area contributed by atoms with E-state index in [0.717, 1.165) is 18.7 Å². The Morgan fingerprint density at radius 3 is 2.45 bits per heavy atom. The third kappa shape index (κ3) is 4.40. The van der Waals surface area contributed by atoms with Gasteiger partial charge in [0.1, 0.15) is 5.82 Å². The fraction of sp³-hybridized carbons (Fsp3) is 0.312. The molecule has 0 aliphatic rings. The molecule has 1 unspecified atom stereocenters. The van der Waals surface area contributed by atoms with Gasteiger partial charge in [-0.15, -0.1) is 0 Å². The minimum atomic E-state index is -0.560. The molecule has 1 aromatic carbocycles. The normalized spacial score (nSPS) is 12.6. The maximum absolute atomic E-state index is 12.8. The molecule has 0 saturated carbocycles. The Morgan fingerprint density at radius 2 is 1.80 bits per heavy atom. The number of hydrogen-bond donors (Lipinski definition) is 1. The highest BCUT2D eigenvalue weighted by Crippen LogP contribution is 2.17. The quantitative estimate of drug-likeness (QED) is 0.880. The molecular formula is C16H19FN2O. The molecule has 1 atom stereocenters. The molecule has 4 heteroatoms. The average Bonchev–Trinajstić information content (AvgIpc) is 2.46. The number of aliphatic hydroxyl groups excluding tert-OH is 1.